The van der Waals surface area contributed by atoms with Crippen molar-refractivity contribution < 1.29 is 19.2 Å². The van der Waals surface area contributed by atoms with Gasteiger partial charge in [0.15, 0.2) is 11.5 Å². The summed E-state index contributed by atoms with van der Waals surface area (Å²) >= 11 is 0. The fourth-order valence-corrected chi connectivity index (χ4v) is 6.21. The van der Waals surface area contributed by atoms with Gasteiger partial charge in [0.05, 0.1) is 16.8 Å². The fourth-order valence-electron chi connectivity index (χ4n) is 6.21. The van der Waals surface area contributed by atoms with E-state index < -0.39 is 17.5 Å². The Kier molecular flexibility index (Phi) is 6.79. The van der Waals surface area contributed by atoms with E-state index in [1.807, 2.05) is 12.1 Å². The number of nitro benzene ring substituents is 1. The molecule has 2 aliphatic heterocycles. The Bertz CT molecular complexity index is 1100. The predicted octanol–water partition coefficient (Wildman–Crippen LogP) is 4.18. The van der Waals surface area contributed by atoms with Gasteiger partial charge in [0.2, 0.25) is 0 Å². The smallest absolute Gasteiger partial charge is 0.357 e. The van der Waals surface area contributed by atoms with E-state index in [9.17, 15) is 19.3 Å². The first-order chi connectivity index (χ1) is 17.3. The molecule has 2 aromatic rings. The molecule has 1 aliphatic carbocycles. The zero-order valence-electron chi connectivity index (χ0n) is 20.3. The van der Waals surface area contributed by atoms with Crippen LogP contribution in [-0.2, 0) is 0 Å². The van der Waals surface area contributed by atoms with Gasteiger partial charge in [-0.15, -0.1) is 0 Å². The maximum Gasteiger partial charge on any atom is 0.357 e. The summed E-state index contributed by atoms with van der Waals surface area (Å²) in [4.78, 5) is 32.4. The number of hydrogen-bond acceptors (Lipinski definition) is 7. The molecule has 1 N–H and O–H groups in total. The van der Waals surface area contributed by atoms with Crippen molar-refractivity contribution in [3.05, 3.63) is 58.2 Å². The average molecular weight is 498 g/mol. The van der Waals surface area contributed by atoms with Crippen LogP contribution >= 0.6 is 0 Å². The fraction of sp³-hybridized carbons (Fsp3) is 0.538. The molecule has 0 amide bonds. The van der Waals surface area contributed by atoms with Crippen molar-refractivity contribution in [2.24, 2.45) is 5.41 Å². The molecule has 0 radical (unpaired) electrons. The monoisotopic (exact) mass is 497 g/mol. The highest BCUT2D eigenvalue weighted by Gasteiger charge is 2.40. The zero-order valence-corrected chi connectivity index (χ0v) is 20.3. The van der Waals surface area contributed by atoms with E-state index >= 15 is 0 Å². The first-order valence-corrected chi connectivity index (χ1v) is 12.7. The lowest BCUT2D eigenvalue weighted by molar-refractivity contribution is -0.384. The lowest BCUT2D eigenvalue weighted by atomic mass is 9.66. The van der Waals surface area contributed by atoms with E-state index in [4.69, 9.17) is 5.11 Å². The summed E-state index contributed by atoms with van der Waals surface area (Å²) in [5, 5.41) is 19.9. The van der Waals surface area contributed by atoms with Crippen LogP contribution < -0.4 is 9.80 Å². The molecule has 1 saturated carbocycles. The molecular weight excluding hydrogens is 465 g/mol. The first-order valence-electron chi connectivity index (χ1n) is 12.7. The molecule has 9 nitrogen and oxygen atoms in total. The predicted molar refractivity (Wildman–Crippen MR) is 134 cm³/mol. The maximum atomic E-state index is 14.1. The van der Waals surface area contributed by atoms with Gasteiger partial charge in [-0.3, -0.25) is 15.0 Å². The summed E-state index contributed by atoms with van der Waals surface area (Å²) in [7, 11) is 0. The molecule has 0 atom stereocenters. The average Bonchev–Trinajstić information content (AvgIpc) is 2.89. The van der Waals surface area contributed by atoms with Crippen LogP contribution in [0.5, 0.6) is 0 Å². The number of piperidine rings is 1. The molecule has 0 bridgehead atoms. The van der Waals surface area contributed by atoms with Crippen LogP contribution in [0.4, 0.5) is 21.5 Å². The number of piperazine rings is 1. The van der Waals surface area contributed by atoms with E-state index in [-0.39, 0.29) is 10.6 Å². The molecule has 1 aromatic carbocycles. The van der Waals surface area contributed by atoms with Crippen molar-refractivity contribution in [3.8, 4) is 0 Å². The number of aromatic carboxylic acids is 1. The molecule has 3 fully saturated rings. The van der Waals surface area contributed by atoms with E-state index in [1.54, 1.807) is 12.1 Å². The maximum absolute atomic E-state index is 14.1. The number of carbonyl (C=O) groups is 1. The van der Waals surface area contributed by atoms with Crippen LogP contribution in [-0.4, -0.2) is 71.2 Å². The SMILES string of the molecule is O=C(O)c1ncc(N2CCC3(CCC(N4CCN(c5ccc([N+](=O)[O-])cc5)CC4)CC3)CC2)cc1F. The zero-order chi connectivity index (χ0) is 25.3. The third-order valence-electron chi connectivity index (χ3n) is 8.49. The molecule has 3 aliphatic rings. The summed E-state index contributed by atoms with van der Waals surface area (Å²) in [5.74, 6) is -2.13. The number of carboxylic acids is 1. The van der Waals surface area contributed by atoms with E-state index in [0.717, 1.165) is 57.8 Å². The summed E-state index contributed by atoms with van der Waals surface area (Å²) in [6.45, 7) is 5.55. The van der Waals surface area contributed by atoms with Crippen LogP contribution in [0.25, 0.3) is 0 Å². The topological polar surface area (TPSA) is 103 Å². The van der Waals surface area contributed by atoms with Crippen LogP contribution in [0.1, 0.15) is 49.0 Å². The van der Waals surface area contributed by atoms with Gasteiger partial charge in [0.1, 0.15) is 0 Å². The Morgan fingerprint density at radius 2 is 1.58 bits per heavy atom. The normalized spacial score (nSPS) is 21.0. The lowest BCUT2D eigenvalue weighted by Crippen LogP contribution is -2.52. The molecule has 3 heterocycles. The number of nitrogens with zero attached hydrogens (tertiary/aromatic N) is 5. The van der Waals surface area contributed by atoms with Gasteiger partial charge in [0.25, 0.3) is 5.69 Å². The van der Waals surface area contributed by atoms with Gasteiger partial charge in [-0.1, -0.05) is 0 Å². The number of carboxylic acid groups (broad SMARTS) is 1. The number of anilines is 2. The van der Waals surface area contributed by atoms with Crippen molar-refractivity contribution >= 4 is 23.0 Å². The molecule has 2 saturated heterocycles. The van der Waals surface area contributed by atoms with Gasteiger partial charge in [0, 0.05) is 69.2 Å². The Hall–Kier alpha value is -3.27. The number of halogens is 1. The van der Waals surface area contributed by atoms with E-state index in [0.29, 0.717) is 17.1 Å². The molecule has 1 spiro atoms. The van der Waals surface area contributed by atoms with Crippen molar-refractivity contribution in [3.63, 3.8) is 0 Å². The number of non-ortho nitro benzene ring substituents is 1. The summed E-state index contributed by atoms with van der Waals surface area (Å²) in [5.41, 5.74) is 1.65. The molecule has 5 rings (SSSR count). The largest absolute Gasteiger partial charge is 0.476 e. The van der Waals surface area contributed by atoms with Crippen molar-refractivity contribution in [1.29, 1.82) is 0 Å². The summed E-state index contributed by atoms with van der Waals surface area (Å²) < 4.78 is 14.1. The van der Waals surface area contributed by atoms with E-state index in [1.165, 1.54) is 37.9 Å². The summed E-state index contributed by atoms with van der Waals surface area (Å²) in [6.07, 6.45) is 8.41. The van der Waals surface area contributed by atoms with Crippen LogP contribution in [0.15, 0.2) is 36.5 Å². The van der Waals surface area contributed by atoms with Gasteiger partial charge in [-0.2, -0.15) is 0 Å². The molecular formula is C26H32FN5O4. The molecule has 1 aromatic heterocycles. The minimum Gasteiger partial charge on any atom is -0.476 e. The van der Waals surface area contributed by atoms with Crippen molar-refractivity contribution in [2.45, 2.75) is 44.6 Å². The number of benzene rings is 1. The molecule has 192 valence electrons. The number of nitro groups is 1. The molecule has 10 heteroatoms. The number of aromatic nitrogens is 1. The first kappa shape index (κ1) is 24.4. The highest BCUT2D eigenvalue weighted by Crippen LogP contribution is 2.46. The van der Waals surface area contributed by atoms with E-state index in [2.05, 4.69) is 19.7 Å². The second kappa shape index (κ2) is 10.0. The minimum absolute atomic E-state index is 0.124. The Labute approximate surface area is 209 Å². The number of hydrogen-bond donors (Lipinski definition) is 1. The van der Waals surface area contributed by atoms with Gasteiger partial charge >= 0.3 is 5.97 Å². The Morgan fingerprint density at radius 3 is 2.14 bits per heavy atom. The molecule has 36 heavy (non-hydrogen) atoms. The second-order valence-corrected chi connectivity index (χ2v) is 10.3. The molecule has 0 unspecified atom stereocenters. The van der Waals surface area contributed by atoms with Crippen LogP contribution in [0, 0.1) is 21.3 Å². The highest BCUT2D eigenvalue weighted by molar-refractivity contribution is 5.85. The highest BCUT2D eigenvalue weighted by atomic mass is 19.1. The number of rotatable bonds is 5. The van der Waals surface area contributed by atoms with Crippen LogP contribution in [0.3, 0.4) is 0 Å². The Balaban J connectivity index is 1.09. The minimum atomic E-state index is -1.35. The Morgan fingerprint density at radius 1 is 0.972 bits per heavy atom. The number of pyridine rings is 1. The van der Waals surface area contributed by atoms with Gasteiger partial charge < -0.3 is 14.9 Å². The van der Waals surface area contributed by atoms with Crippen molar-refractivity contribution in [1.82, 2.24) is 9.88 Å². The van der Waals surface area contributed by atoms with Crippen LogP contribution in [0.2, 0.25) is 0 Å². The third-order valence-corrected chi connectivity index (χ3v) is 8.49. The van der Waals surface area contributed by atoms with Crippen molar-refractivity contribution in [2.75, 3.05) is 49.1 Å². The van der Waals surface area contributed by atoms with Gasteiger partial charge in [-0.05, 0) is 56.1 Å². The summed E-state index contributed by atoms with van der Waals surface area (Å²) in [6, 6.07) is 8.74. The van der Waals surface area contributed by atoms with Gasteiger partial charge in [-0.25, -0.2) is 14.2 Å². The second-order valence-electron chi connectivity index (χ2n) is 10.3. The lowest BCUT2D eigenvalue weighted by Gasteiger charge is -2.49. The quantitative estimate of drug-likeness (QED) is 0.485. The standard InChI is InChI=1S/C26H32FN5O4/c27-23-17-22(18-28-24(23)25(33)34)29-11-9-26(10-12-29)7-5-20(6-8-26)31-15-13-30(14-16-31)19-1-3-21(4-2-19)32(35)36/h1-4,17-18,20H,5-16H2,(H,33,34). The third kappa shape index (κ3) is 5.00.